The molecule has 1 aliphatic carbocycles. The second-order valence-corrected chi connectivity index (χ2v) is 8.17. The van der Waals surface area contributed by atoms with E-state index >= 15 is 0 Å². The van der Waals surface area contributed by atoms with Gasteiger partial charge in [0.2, 0.25) is 0 Å². The average Bonchev–Trinajstić information content (AvgIpc) is 2.88. The van der Waals surface area contributed by atoms with E-state index in [1.54, 1.807) is 0 Å². The third-order valence-corrected chi connectivity index (χ3v) is 5.43. The molecule has 0 aromatic heterocycles. The van der Waals surface area contributed by atoms with E-state index in [1.165, 1.54) is 49.7 Å². The van der Waals surface area contributed by atoms with Crippen molar-refractivity contribution in [2.75, 3.05) is 0 Å². The van der Waals surface area contributed by atoms with Gasteiger partial charge < -0.3 is 0 Å². The fourth-order valence-electron chi connectivity index (χ4n) is 3.04. The van der Waals surface area contributed by atoms with Crippen molar-refractivity contribution in [1.29, 1.82) is 0 Å². The largest absolute Gasteiger partial charge is 0.0839 e. The third kappa shape index (κ3) is 4.34. The minimum Gasteiger partial charge on any atom is -0.0839 e. The van der Waals surface area contributed by atoms with Crippen LogP contribution in [0.15, 0.2) is 24.3 Å². The van der Waals surface area contributed by atoms with Crippen molar-refractivity contribution >= 4 is 15.9 Å². The van der Waals surface area contributed by atoms with E-state index < -0.39 is 0 Å². The van der Waals surface area contributed by atoms with Crippen LogP contribution in [0.5, 0.6) is 0 Å². The summed E-state index contributed by atoms with van der Waals surface area (Å²) in [5.41, 5.74) is 3.11. The van der Waals surface area contributed by atoms with Crippen molar-refractivity contribution in [1.82, 2.24) is 0 Å². The summed E-state index contributed by atoms with van der Waals surface area (Å²) in [6, 6.07) is 9.18. The van der Waals surface area contributed by atoms with Crippen LogP contribution in [0.3, 0.4) is 0 Å². The maximum Gasteiger partial charge on any atom is 0.0395 e. The van der Waals surface area contributed by atoms with Crippen molar-refractivity contribution in [3.8, 4) is 0 Å². The second-order valence-electron chi connectivity index (χ2n) is 7.07. The smallest absolute Gasteiger partial charge is 0.0395 e. The fourth-order valence-corrected chi connectivity index (χ4v) is 3.61. The normalized spacial score (nSPS) is 18.7. The molecule has 106 valence electrons. The van der Waals surface area contributed by atoms with Crippen LogP contribution in [0.1, 0.15) is 75.3 Å². The zero-order valence-electron chi connectivity index (χ0n) is 12.6. The summed E-state index contributed by atoms with van der Waals surface area (Å²) in [7, 11) is 0. The molecule has 0 spiro atoms. The van der Waals surface area contributed by atoms with Gasteiger partial charge in [-0.05, 0) is 35.3 Å². The lowest BCUT2D eigenvalue weighted by molar-refractivity contribution is 0.483. The molecule has 19 heavy (non-hydrogen) atoms. The topological polar surface area (TPSA) is 0 Å². The van der Waals surface area contributed by atoms with E-state index in [-0.39, 0.29) is 5.41 Å². The monoisotopic (exact) mass is 322 g/mol. The Kier molecular flexibility index (Phi) is 5.11. The fraction of sp³-hybridized carbons (Fsp3) is 0.667. The molecule has 1 aromatic rings. The first-order valence-electron chi connectivity index (χ1n) is 7.71. The number of alkyl halides is 1. The highest BCUT2D eigenvalue weighted by atomic mass is 79.9. The second kappa shape index (κ2) is 6.43. The van der Waals surface area contributed by atoms with Crippen LogP contribution in [0.4, 0.5) is 0 Å². The third-order valence-electron chi connectivity index (χ3n) is 4.44. The first-order valence-corrected chi connectivity index (χ1v) is 8.63. The Balaban J connectivity index is 1.89. The van der Waals surface area contributed by atoms with Gasteiger partial charge in [-0.25, -0.2) is 0 Å². The van der Waals surface area contributed by atoms with E-state index in [1.807, 2.05) is 0 Å². The molecule has 0 amide bonds. The van der Waals surface area contributed by atoms with Crippen LogP contribution < -0.4 is 0 Å². The minimum absolute atomic E-state index is 0.254. The van der Waals surface area contributed by atoms with Crippen LogP contribution in [-0.4, -0.2) is 0 Å². The molecule has 2 rings (SSSR count). The van der Waals surface area contributed by atoms with E-state index in [0.29, 0.717) is 4.83 Å². The zero-order valence-corrected chi connectivity index (χ0v) is 14.2. The molecule has 1 aromatic carbocycles. The molecule has 1 saturated carbocycles. The van der Waals surface area contributed by atoms with Gasteiger partial charge >= 0.3 is 0 Å². The van der Waals surface area contributed by atoms with E-state index in [2.05, 4.69) is 61.0 Å². The van der Waals surface area contributed by atoms with Crippen LogP contribution in [-0.2, 0) is 5.41 Å². The molecule has 0 saturated heterocycles. The lowest BCUT2D eigenvalue weighted by atomic mass is 9.86. The Morgan fingerprint density at radius 1 is 1.11 bits per heavy atom. The molecule has 0 heterocycles. The van der Waals surface area contributed by atoms with Gasteiger partial charge in [0, 0.05) is 4.83 Å². The minimum atomic E-state index is 0.254. The molecular weight excluding hydrogens is 296 g/mol. The van der Waals surface area contributed by atoms with Crippen LogP contribution >= 0.6 is 15.9 Å². The molecule has 0 nitrogen and oxygen atoms in total. The summed E-state index contributed by atoms with van der Waals surface area (Å²) in [6.07, 6.45) is 8.50. The van der Waals surface area contributed by atoms with Gasteiger partial charge in [0.15, 0.2) is 0 Å². The Bertz CT molecular complexity index is 379. The zero-order chi connectivity index (χ0) is 13.9. The van der Waals surface area contributed by atoms with Gasteiger partial charge in [0.1, 0.15) is 0 Å². The first-order chi connectivity index (χ1) is 8.97. The summed E-state index contributed by atoms with van der Waals surface area (Å²) in [6.45, 7) is 6.81. The highest BCUT2D eigenvalue weighted by molar-refractivity contribution is 9.09. The van der Waals surface area contributed by atoms with Crippen LogP contribution in [0, 0.1) is 5.92 Å². The molecular formula is C18H27Br. The van der Waals surface area contributed by atoms with Gasteiger partial charge in [-0.1, -0.05) is 86.6 Å². The molecule has 0 N–H and O–H groups in total. The molecule has 1 heteroatoms. The van der Waals surface area contributed by atoms with Crippen molar-refractivity contribution in [3.63, 3.8) is 0 Å². The summed E-state index contributed by atoms with van der Waals surface area (Å²) in [5, 5.41) is 0. The van der Waals surface area contributed by atoms with Gasteiger partial charge in [-0.2, -0.15) is 0 Å². The molecule has 1 aliphatic rings. The van der Waals surface area contributed by atoms with Crippen LogP contribution in [0.25, 0.3) is 0 Å². The van der Waals surface area contributed by atoms with Crippen molar-refractivity contribution in [2.45, 2.75) is 69.5 Å². The number of hydrogen-bond donors (Lipinski definition) is 0. The Labute approximate surface area is 127 Å². The highest BCUT2D eigenvalue weighted by Crippen LogP contribution is 2.35. The predicted octanol–water partition coefficient (Wildman–Crippen LogP) is 6.39. The Morgan fingerprint density at radius 3 is 2.21 bits per heavy atom. The van der Waals surface area contributed by atoms with Crippen LogP contribution in [0.2, 0.25) is 0 Å². The van der Waals surface area contributed by atoms with Gasteiger partial charge in [-0.15, -0.1) is 0 Å². The first kappa shape index (κ1) is 15.1. The number of halogens is 1. The SMILES string of the molecule is CC(C)(C)c1ccc(C(Br)CCC2CCCC2)cc1. The molecule has 0 bridgehead atoms. The number of hydrogen-bond acceptors (Lipinski definition) is 0. The average molecular weight is 323 g/mol. The standard InChI is InChI=1S/C18H27Br/c1-18(2,3)16-11-9-15(10-12-16)17(19)13-8-14-6-4-5-7-14/h9-12,14,17H,4-8,13H2,1-3H3. The summed E-state index contributed by atoms with van der Waals surface area (Å²) >= 11 is 3.87. The maximum atomic E-state index is 3.87. The lowest BCUT2D eigenvalue weighted by Crippen LogP contribution is -2.10. The number of benzene rings is 1. The lowest BCUT2D eigenvalue weighted by Gasteiger charge is -2.20. The van der Waals surface area contributed by atoms with Gasteiger partial charge in [0.25, 0.3) is 0 Å². The molecule has 1 fully saturated rings. The molecule has 1 unspecified atom stereocenters. The molecule has 0 radical (unpaired) electrons. The quantitative estimate of drug-likeness (QED) is 0.563. The summed E-state index contributed by atoms with van der Waals surface area (Å²) in [4.78, 5) is 0.530. The van der Waals surface area contributed by atoms with Crippen molar-refractivity contribution < 1.29 is 0 Å². The Hall–Kier alpha value is -0.300. The van der Waals surface area contributed by atoms with E-state index in [0.717, 1.165) is 5.92 Å². The highest BCUT2D eigenvalue weighted by Gasteiger charge is 2.18. The Morgan fingerprint density at radius 2 is 1.68 bits per heavy atom. The summed E-state index contributed by atoms with van der Waals surface area (Å²) < 4.78 is 0. The van der Waals surface area contributed by atoms with E-state index in [4.69, 9.17) is 0 Å². The van der Waals surface area contributed by atoms with Crippen molar-refractivity contribution in [2.24, 2.45) is 5.92 Å². The molecule has 1 atom stereocenters. The predicted molar refractivity (Wildman–Crippen MR) is 88.0 cm³/mol. The van der Waals surface area contributed by atoms with Gasteiger partial charge in [-0.3, -0.25) is 0 Å². The summed E-state index contributed by atoms with van der Waals surface area (Å²) in [5.74, 6) is 0.994. The number of rotatable bonds is 4. The molecule has 0 aliphatic heterocycles. The van der Waals surface area contributed by atoms with Gasteiger partial charge in [0.05, 0.1) is 0 Å². The maximum absolute atomic E-state index is 3.87. The van der Waals surface area contributed by atoms with E-state index in [9.17, 15) is 0 Å². The van der Waals surface area contributed by atoms with Crippen molar-refractivity contribution in [3.05, 3.63) is 35.4 Å².